The molecule has 0 saturated carbocycles. The van der Waals surface area contributed by atoms with Crippen LogP contribution in [0.2, 0.25) is 0 Å². The van der Waals surface area contributed by atoms with Gasteiger partial charge in [-0.25, -0.2) is 12.7 Å². The number of nitrogens with zero attached hydrogens (tertiary/aromatic N) is 1. The lowest BCUT2D eigenvalue weighted by Crippen LogP contribution is -2.40. The van der Waals surface area contributed by atoms with Gasteiger partial charge < -0.3 is 10.4 Å². The lowest BCUT2D eigenvalue weighted by atomic mass is 9.98. The van der Waals surface area contributed by atoms with Crippen molar-refractivity contribution in [3.05, 3.63) is 0 Å². The Labute approximate surface area is 115 Å². The molecule has 1 heterocycles. The Bertz CT molecular complexity index is 377. The van der Waals surface area contributed by atoms with Crippen LogP contribution in [0, 0.1) is 5.92 Å². The fourth-order valence-electron chi connectivity index (χ4n) is 2.33. The molecule has 0 bridgehead atoms. The SMILES string of the molecule is CCN(CC1CCNCC1)S(=O)(=O)CCCC(=O)O. The maximum absolute atomic E-state index is 12.1. The summed E-state index contributed by atoms with van der Waals surface area (Å²) in [5, 5.41) is 11.8. The van der Waals surface area contributed by atoms with Crippen LogP contribution in [0.3, 0.4) is 0 Å². The lowest BCUT2D eigenvalue weighted by Gasteiger charge is -2.28. The Morgan fingerprint density at radius 1 is 1.37 bits per heavy atom. The number of piperidine rings is 1. The minimum absolute atomic E-state index is 0.0713. The zero-order valence-electron chi connectivity index (χ0n) is 11.5. The molecule has 6 nitrogen and oxygen atoms in total. The van der Waals surface area contributed by atoms with Gasteiger partial charge in [-0.15, -0.1) is 0 Å². The molecule has 1 saturated heterocycles. The van der Waals surface area contributed by atoms with Crippen LogP contribution in [0.1, 0.15) is 32.6 Å². The van der Waals surface area contributed by atoms with Crippen molar-refractivity contribution in [2.24, 2.45) is 5.92 Å². The minimum Gasteiger partial charge on any atom is -0.481 e. The maximum atomic E-state index is 12.1. The summed E-state index contributed by atoms with van der Waals surface area (Å²) < 4.78 is 25.8. The Morgan fingerprint density at radius 3 is 2.53 bits per heavy atom. The fourth-order valence-corrected chi connectivity index (χ4v) is 3.93. The summed E-state index contributed by atoms with van der Waals surface area (Å²) >= 11 is 0. The molecule has 0 amide bonds. The second kappa shape index (κ2) is 7.81. The predicted octanol–water partition coefficient (Wildman–Crippen LogP) is 0.503. The van der Waals surface area contributed by atoms with E-state index in [1.165, 1.54) is 4.31 Å². The summed E-state index contributed by atoms with van der Waals surface area (Å²) in [7, 11) is -3.32. The van der Waals surface area contributed by atoms with Crippen LogP contribution in [0.25, 0.3) is 0 Å². The lowest BCUT2D eigenvalue weighted by molar-refractivity contribution is -0.137. The number of hydrogen-bond acceptors (Lipinski definition) is 4. The van der Waals surface area contributed by atoms with Crippen molar-refractivity contribution in [3.8, 4) is 0 Å². The van der Waals surface area contributed by atoms with Crippen LogP contribution in [-0.4, -0.2) is 55.7 Å². The maximum Gasteiger partial charge on any atom is 0.303 e. The van der Waals surface area contributed by atoms with Gasteiger partial charge in [0.05, 0.1) is 5.75 Å². The van der Waals surface area contributed by atoms with Crippen molar-refractivity contribution in [1.82, 2.24) is 9.62 Å². The minimum atomic E-state index is -3.32. The van der Waals surface area contributed by atoms with Crippen LogP contribution >= 0.6 is 0 Å². The van der Waals surface area contributed by atoms with Crippen LogP contribution in [0.5, 0.6) is 0 Å². The van der Waals surface area contributed by atoms with Crippen molar-refractivity contribution in [2.75, 3.05) is 31.9 Å². The first-order valence-corrected chi connectivity index (χ1v) is 8.47. The molecule has 1 aliphatic heterocycles. The number of carboxylic acid groups (broad SMARTS) is 1. The van der Waals surface area contributed by atoms with E-state index in [0.717, 1.165) is 25.9 Å². The third kappa shape index (κ3) is 5.88. The highest BCUT2D eigenvalue weighted by Gasteiger charge is 2.24. The van der Waals surface area contributed by atoms with E-state index in [9.17, 15) is 13.2 Å². The Kier molecular flexibility index (Phi) is 6.74. The van der Waals surface area contributed by atoms with Crippen molar-refractivity contribution >= 4 is 16.0 Å². The number of aliphatic carboxylic acids is 1. The van der Waals surface area contributed by atoms with Gasteiger partial charge in [-0.05, 0) is 38.3 Å². The molecule has 7 heteroatoms. The van der Waals surface area contributed by atoms with E-state index in [0.29, 0.717) is 19.0 Å². The molecule has 0 aromatic carbocycles. The molecule has 1 rings (SSSR count). The largest absolute Gasteiger partial charge is 0.481 e. The number of nitrogens with one attached hydrogen (secondary N) is 1. The second-order valence-electron chi connectivity index (χ2n) is 4.96. The molecule has 0 unspecified atom stereocenters. The molecule has 0 spiro atoms. The second-order valence-corrected chi connectivity index (χ2v) is 7.05. The first-order chi connectivity index (χ1) is 8.95. The number of carboxylic acids is 1. The first-order valence-electron chi connectivity index (χ1n) is 6.86. The first kappa shape index (κ1) is 16.4. The molecule has 0 radical (unpaired) electrons. The van der Waals surface area contributed by atoms with E-state index in [1.54, 1.807) is 0 Å². The van der Waals surface area contributed by atoms with E-state index in [4.69, 9.17) is 5.11 Å². The third-order valence-corrected chi connectivity index (χ3v) is 5.46. The van der Waals surface area contributed by atoms with Gasteiger partial charge in [-0.2, -0.15) is 0 Å². The molecule has 0 aromatic rings. The van der Waals surface area contributed by atoms with Gasteiger partial charge in [-0.3, -0.25) is 4.79 Å². The highest BCUT2D eigenvalue weighted by atomic mass is 32.2. The monoisotopic (exact) mass is 292 g/mol. The van der Waals surface area contributed by atoms with Crippen LogP contribution in [-0.2, 0) is 14.8 Å². The van der Waals surface area contributed by atoms with E-state index in [1.807, 2.05) is 6.92 Å². The zero-order valence-corrected chi connectivity index (χ0v) is 12.3. The Hall–Kier alpha value is -0.660. The molecule has 112 valence electrons. The molecular weight excluding hydrogens is 268 g/mol. The predicted molar refractivity (Wildman–Crippen MR) is 73.5 cm³/mol. The van der Waals surface area contributed by atoms with Gasteiger partial charge in [0.1, 0.15) is 0 Å². The molecule has 1 aliphatic rings. The molecule has 0 aromatic heterocycles. The van der Waals surface area contributed by atoms with Crippen LogP contribution in [0.15, 0.2) is 0 Å². The normalized spacial score (nSPS) is 17.8. The average Bonchev–Trinajstić information content (AvgIpc) is 2.36. The summed E-state index contributed by atoms with van der Waals surface area (Å²) in [6, 6.07) is 0. The van der Waals surface area contributed by atoms with Gasteiger partial charge in [0.25, 0.3) is 0 Å². The molecule has 0 aliphatic carbocycles. The summed E-state index contributed by atoms with van der Waals surface area (Å²) in [6.07, 6.45) is 2.09. The molecular formula is C12H24N2O4S. The molecule has 0 atom stereocenters. The quantitative estimate of drug-likeness (QED) is 0.680. The van der Waals surface area contributed by atoms with Gasteiger partial charge in [-0.1, -0.05) is 6.92 Å². The van der Waals surface area contributed by atoms with Crippen molar-refractivity contribution < 1.29 is 18.3 Å². The van der Waals surface area contributed by atoms with Crippen molar-refractivity contribution in [1.29, 1.82) is 0 Å². The topological polar surface area (TPSA) is 86.7 Å². The van der Waals surface area contributed by atoms with Gasteiger partial charge in [0.15, 0.2) is 0 Å². The Balaban J connectivity index is 2.48. The summed E-state index contributed by atoms with van der Waals surface area (Å²) in [4.78, 5) is 10.4. The zero-order chi connectivity index (χ0) is 14.3. The number of rotatable bonds is 8. The highest BCUT2D eigenvalue weighted by Crippen LogP contribution is 2.16. The van der Waals surface area contributed by atoms with Gasteiger partial charge in [0.2, 0.25) is 10.0 Å². The van der Waals surface area contributed by atoms with Crippen molar-refractivity contribution in [3.63, 3.8) is 0 Å². The highest BCUT2D eigenvalue weighted by molar-refractivity contribution is 7.89. The summed E-state index contributed by atoms with van der Waals surface area (Å²) in [5.41, 5.74) is 0. The molecule has 2 N–H and O–H groups in total. The number of sulfonamides is 1. The van der Waals surface area contributed by atoms with Crippen molar-refractivity contribution in [2.45, 2.75) is 32.6 Å². The van der Waals surface area contributed by atoms with Crippen LogP contribution in [0.4, 0.5) is 0 Å². The van der Waals surface area contributed by atoms with Gasteiger partial charge in [0, 0.05) is 19.5 Å². The third-order valence-electron chi connectivity index (χ3n) is 3.46. The molecule has 1 fully saturated rings. The number of carbonyl (C=O) groups is 1. The van der Waals surface area contributed by atoms with E-state index < -0.39 is 16.0 Å². The smallest absolute Gasteiger partial charge is 0.303 e. The van der Waals surface area contributed by atoms with E-state index in [2.05, 4.69) is 5.32 Å². The number of hydrogen-bond donors (Lipinski definition) is 2. The summed E-state index contributed by atoms with van der Waals surface area (Å²) in [5.74, 6) is -0.606. The molecule has 19 heavy (non-hydrogen) atoms. The van der Waals surface area contributed by atoms with Crippen LogP contribution < -0.4 is 5.32 Å². The standard InChI is InChI=1S/C12H24N2O4S/c1-2-14(10-11-5-7-13-8-6-11)19(17,18)9-3-4-12(15)16/h11,13H,2-10H2,1H3,(H,15,16). The van der Waals surface area contributed by atoms with E-state index in [-0.39, 0.29) is 18.6 Å². The fraction of sp³-hybridized carbons (Fsp3) is 0.917. The summed E-state index contributed by atoms with van der Waals surface area (Å²) in [6.45, 7) is 4.74. The average molecular weight is 292 g/mol. The van der Waals surface area contributed by atoms with E-state index >= 15 is 0 Å². The Morgan fingerprint density at radius 2 is 2.00 bits per heavy atom. The van der Waals surface area contributed by atoms with Gasteiger partial charge >= 0.3 is 5.97 Å².